The summed E-state index contributed by atoms with van der Waals surface area (Å²) in [6.45, 7) is 5.50. The minimum absolute atomic E-state index is 0.0863. The Morgan fingerprint density at radius 3 is 3.13 bits per heavy atom. The number of carbonyl (C=O) groups excluding carboxylic acids is 1. The first-order valence-corrected chi connectivity index (χ1v) is 9.18. The summed E-state index contributed by atoms with van der Waals surface area (Å²) >= 11 is 1.71. The number of nitrogens with one attached hydrogen (secondary N) is 2. The fraction of sp³-hybridized carbons (Fsp3) is 0.688. The standard InChI is InChI=1S/C16H25N5OS/c1-3-14-20-12(9-23-14)8-18-15(17-2)21-6-4-5-16(11-21)7-13(22)19-10-16/h9H,3-8,10-11H2,1-2H3,(H,17,18)(H,19,22). The highest BCUT2D eigenvalue weighted by molar-refractivity contribution is 7.09. The zero-order valence-corrected chi connectivity index (χ0v) is 14.7. The molecule has 2 N–H and O–H groups in total. The second kappa shape index (κ2) is 6.86. The normalized spacial score (nSPS) is 25.0. The number of aliphatic imine (C=N–C) groups is 1. The zero-order chi connectivity index (χ0) is 16.3. The molecule has 1 aromatic rings. The molecule has 0 aromatic carbocycles. The van der Waals surface area contributed by atoms with Crippen LogP contribution in [0.2, 0.25) is 0 Å². The Bertz CT molecular complexity index is 599. The first-order chi connectivity index (χ1) is 11.1. The predicted octanol–water partition coefficient (Wildman–Crippen LogP) is 1.38. The molecule has 1 aromatic heterocycles. The third kappa shape index (κ3) is 3.65. The number of guanidine groups is 1. The highest BCUT2D eigenvalue weighted by atomic mass is 32.1. The van der Waals surface area contributed by atoms with Crippen molar-refractivity contribution in [1.82, 2.24) is 20.5 Å². The number of aromatic nitrogens is 1. The third-order valence-corrected chi connectivity index (χ3v) is 5.74. The summed E-state index contributed by atoms with van der Waals surface area (Å²) in [6.07, 6.45) is 3.85. The summed E-state index contributed by atoms with van der Waals surface area (Å²) in [5.74, 6) is 1.10. The Balaban J connectivity index is 1.60. The van der Waals surface area contributed by atoms with E-state index in [1.165, 1.54) is 5.01 Å². The molecule has 1 atom stereocenters. The maximum Gasteiger partial charge on any atom is 0.220 e. The van der Waals surface area contributed by atoms with Crippen LogP contribution in [-0.4, -0.2) is 48.4 Å². The molecule has 1 unspecified atom stereocenters. The van der Waals surface area contributed by atoms with Crippen molar-refractivity contribution in [3.63, 3.8) is 0 Å². The number of amides is 1. The minimum Gasteiger partial charge on any atom is -0.355 e. The number of piperidine rings is 1. The van der Waals surface area contributed by atoms with E-state index in [1.807, 2.05) is 7.05 Å². The van der Waals surface area contributed by atoms with E-state index in [0.29, 0.717) is 13.0 Å². The molecule has 1 spiro atoms. The van der Waals surface area contributed by atoms with Gasteiger partial charge in [0.2, 0.25) is 5.91 Å². The lowest BCUT2D eigenvalue weighted by molar-refractivity contribution is -0.119. The number of hydrogen-bond acceptors (Lipinski definition) is 4. The summed E-state index contributed by atoms with van der Waals surface area (Å²) in [5.41, 5.74) is 1.15. The monoisotopic (exact) mass is 335 g/mol. The van der Waals surface area contributed by atoms with Crippen molar-refractivity contribution < 1.29 is 4.79 Å². The largest absolute Gasteiger partial charge is 0.355 e. The summed E-state index contributed by atoms with van der Waals surface area (Å²) < 4.78 is 0. The number of thiazole rings is 1. The fourth-order valence-corrected chi connectivity index (χ4v) is 4.27. The molecule has 0 saturated carbocycles. The van der Waals surface area contributed by atoms with Crippen molar-refractivity contribution >= 4 is 23.2 Å². The fourth-order valence-electron chi connectivity index (χ4n) is 3.52. The van der Waals surface area contributed by atoms with Crippen LogP contribution in [0.3, 0.4) is 0 Å². The van der Waals surface area contributed by atoms with Gasteiger partial charge in [0.1, 0.15) is 0 Å². The highest BCUT2D eigenvalue weighted by Crippen LogP contribution is 2.35. The van der Waals surface area contributed by atoms with Gasteiger partial charge in [0.05, 0.1) is 17.2 Å². The molecule has 3 rings (SSSR count). The molecule has 2 aliphatic rings. The van der Waals surface area contributed by atoms with E-state index in [4.69, 9.17) is 0 Å². The van der Waals surface area contributed by atoms with Crippen molar-refractivity contribution in [2.75, 3.05) is 26.7 Å². The van der Waals surface area contributed by atoms with E-state index < -0.39 is 0 Å². The van der Waals surface area contributed by atoms with Crippen molar-refractivity contribution in [1.29, 1.82) is 0 Å². The van der Waals surface area contributed by atoms with Crippen LogP contribution in [0.1, 0.15) is 36.9 Å². The quantitative estimate of drug-likeness (QED) is 0.647. The molecule has 6 nitrogen and oxygen atoms in total. The van der Waals surface area contributed by atoms with Crippen molar-refractivity contribution in [3.05, 3.63) is 16.1 Å². The predicted molar refractivity (Wildman–Crippen MR) is 92.6 cm³/mol. The van der Waals surface area contributed by atoms with Crippen LogP contribution in [0.4, 0.5) is 0 Å². The minimum atomic E-state index is 0.0863. The number of likely N-dealkylation sites (tertiary alicyclic amines) is 1. The van der Waals surface area contributed by atoms with E-state index in [1.54, 1.807) is 11.3 Å². The van der Waals surface area contributed by atoms with Gasteiger partial charge in [-0.25, -0.2) is 4.98 Å². The molecule has 2 fully saturated rings. The molecular formula is C16H25N5OS. The van der Waals surface area contributed by atoms with Gasteiger partial charge in [-0.1, -0.05) is 6.92 Å². The third-order valence-electron chi connectivity index (χ3n) is 4.70. The second-order valence-electron chi connectivity index (χ2n) is 6.47. The van der Waals surface area contributed by atoms with Crippen molar-refractivity contribution in [2.45, 2.75) is 39.2 Å². The molecule has 2 saturated heterocycles. The molecule has 2 aliphatic heterocycles. The zero-order valence-electron chi connectivity index (χ0n) is 13.9. The first-order valence-electron chi connectivity index (χ1n) is 8.30. The molecule has 3 heterocycles. The number of carbonyl (C=O) groups is 1. The molecular weight excluding hydrogens is 310 g/mol. The maximum atomic E-state index is 11.6. The lowest BCUT2D eigenvalue weighted by Crippen LogP contribution is -2.51. The van der Waals surface area contributed by atoms with Gasteiger partial charge in [-0.3, -0.25) is 9.79 Å². The van der Waals surface area contributed by atoms with Crippen LogP contribution in [0.25, 0.3) is 0 Å². The SMILES string of the molecule is CCc1nc(CNC(=NC)N2CCCC3(CNC(=O)C3)C2)cs1. The van der Waals surface area contributed by atoms with E-state index in [-0.39, 0.29) is 11.3 Å². The Morgan fingerprint density at radius 2 is 2.48 bits per heavy atom. The van der Waals surface area contributed by atoms with Crippen LogP contribution < -0.4 is 10.6 Å². The second-order valence-corrected chi connectivity index (χ2v) is 7.41. The van der Waals surface area contributed by atoms with Crippen LogP contribution >= 0.6 is 11.3 Å². The summed E-state index contributed by atoms with van der Waals surface area (Å²) in [6, 6.07) is 0. The van der Waals surface area contributed by atoms with Crippen molar-refractivity contribution in [2.24, 2.45) is 10.4 Å². The van der Waals surface area contributed by atoms with Gasteiger partial charge >= 0.3 is 0 Å². The van der Waals surface area contributed by atoms with Crippen LogP contribution in [0.15, 0.2) is 10.4 Å². The number of rotatable bonds is 3. The van der Waals surface area contributed by atoms with E-state index in [2.05, 4.69) is 37.8 Å². The summed E-state index contributed by atoms with van der Waals surface area (Å²) in [7, 11) is 1.82. The lowest BCUT2D eigenvalue weighted by Gasteiger charge is -2.40. The van der Waals surface area contributed by atoms with Gasteiger partial charge in [-0.15, -0.1) is 11.3 Å². The Labute approximate surface area is 141 Å². The highest BCUT2D eigenvalue weighted by Gasteiger charge is 2.42. The maximum absolute atomic E-state index is 11.6. The van der Waals surface area contributed by atoms with Crippen LogP contribution in [0, 0.1) is 5.41 Å². The van der Waals surface area contributed by atoms with Gasteiger partial charge < -0.3 is 15.5 Å². The van der Waals surface area contributed by atoms with Gasteiger partial charge in [-0.2, -0.15) is 0 Å². The average molecular weight is 335 g/mol. The lowest BCUT2D eigenvalue weighted by atomic mass is 9.79. The molecule has 7 heteroatoms. The molecule has 0 aliphatic carbocycles. The van der Waals surface area contributed by atoms with E-state index >= 15 is 0 Å². The van der Waals surface area contributed by atoms with Crippen LogP contribution in [-0.2, 0) is 17.8 Å². The smallest absolute Gasteiger partial charge is 0.220 e. The van der Waals surface area contributed by atoms with Gasteiger partial charge in [0, 0.05) is 43.9 Å². The van der Waals surface area contributed by atoms with Crippen LogP contribution in [0.5, 0.6) is 0 Å². The summed E-state index contributed by atoms with van der Waals surface area (Å²) in [4.78, 5) is 22.9. The van der Waals surface area contributed by atoms with Gasteiger partial charge in [-0.05, 0) is 19.3 Å². The Morgan fingerprint density at radius 1 is 1.61 bits per heavy atom. The Kier molecular flexibility index (Phi) is 4.84. The van der Waals surface area contributed by atoms with Gasteiger partial charge in [0.25, 0.3) is 0 Å². The first kappa shape index (κ1) is 16.2. The topological polar surface area (TPSA) is 69.6 Å². The number of hydrogen-bond donors (Lipinski definition) is 2. The molecule has 0 radical (unpaired) electrons. The molecule has 126 valence electrons. The summed E-state index contributed by atoms with van der Waals surface area (Å²) in [5, 5.41) is 9.69. The average Bonchev–Trinajstić information content (AvgIpc) is 3.15. The van der Waals surface area contributed by atoms with Crippen molar-refractivity contribution in [3.8, 4) is 0 Å². The molecule has 23 heavy (non-hydrogen) atoms. The molecule has 0 bridgehead atoms. The number of aryl methyl sites for hydroxylation is 1. The number of nitrogens with zero attached hydrogens (tertiary/aromatic N) is 3. The molecule has 1 amide bonds. The van der Waals surface area contributed by atoms with Gasteiger partial charge in [0.15, 0.2) is 5.96 Å². The van der Waals surface area contributed by atoms with E-state index in [9.17, 15) is 4.79 Å². The Hall–Kier alpha value is -1.63. The van der Waals surface area contributed by atoms with E-state index in [0.717, 1.165) is 50.6 Å².